The maximum Gasteiger partial charge on any atom is 0.336 e. The highest BCUT2D eigenvalue weighted by atomic mass is 32.1. The molecule has 1 aromatic carbocycles. The third-order valence-corrected chi connectivity index (χ3v) is 4.26. The number of hydrogen-bond donors (Lipinski definition) is 1. The molecular weight excluding hydrogens is 300 g/mol. The van der Waals surface area contributed by atoms with Crippen LogP contribution in [-0.2, 0) is 0 Å². The Hall–Kier alpha value is -2.47. The number of carbonyl (C=O) groups excluding carboxylic acids is 1. The molecule has 5 nitrogen and oxygen atoms in total. The Morgan fingerprint density at radius 1 is 1.23 bits per heavy atom. The first kappa shape index (κ1) is 14.5. The van der Waals surface area contributed by atoms with E-state index >= 15 is 0 Å². The van der Waals surface area contributed by atoms with Crippen LogP contribution < -0.4 is 10.9 Å². The van der Waals surface area contributed by atoms with E-state index in [0.717, 1.165) is 15.8 Å². The Bertz CT molecular complexity index is 914. The Balaban J connectivity index is 1.95. The van der Waals surface area contributed by atoms with Crippen LogP contribution in [0.4, 0.5) is 5.13 Å². The first-order valence-electron chi connectivity index (χ1n) is 6.74. The second kappa shape index (κ2) is 5.38. The summed E-state index contributed by atoms with van der Waals surface area (Å²) >= 11 is 1.41. The van der Waals surface area contributed by atoms with Gasteiger partial charge < -0.3 is 4.42 Å². The lowest BCUT2D eigenvalue weighted by molar-refractivity contribution is 0.102. The maximum atomic E-state index is 12.4. The normalized spacial score (nSPS) is 10.9. The van der Waals surface area contributed by atoms with Crippen molar-refractivity contribution >= 4 is 32.6 Å². The van der Waals surface area contributed by atoms with Gasteiger partial charge in [-0.15, -0.1) is 0 Å². The molecule has 0 saturated heterocycles. The molecule has 2 aromatic heterocycles. The number of nitrogens with zero attached hydrogens (tertiary/aromatic N) is 1. The topological polar surface area (TPSA) is 72.2 Å². The molecule has 0 fully saturated rings. The average molecular weight is 314 g/mol. The van der Waals surface area contributed by atoms with Crippen molar-refractivity contribution in [3.8, 4) is 0 Å². The van der Waals surface area contributed by atoms with E-state index in [1.165, 1.54) is 17.4 Å². The van der Waals surface area contributed by atoms with Crippen molar-refractivity contribution < 1.29 is 9.21 Å². The molecule has 1 N–H and O–H groups in total. The zero-order chi connectivity index (χ0) is 15.9. The number of nitrogens with one attached hydrogen (secondary N) is 1. The minimum absolute atomic E-state index is 0.305. The molecule has 0 unspecified atom stereocenters. The van der Waals surface area contributed by atoms with Gasteiger partial charge in [-0.3, -0.25) is 10.1 Å². The molecule has 0 radical (unpaired) electrons. The smallest absolute Gasteiger partial charge is 0.336 e. The summed E-state index contributed by atoms with van der Waals surface area (Å²) in [5, 5.41) is 3.30. The molecule has 0 aliphatic heterocycles. The van der Waals surface area contributed by atoms with E-state index in [2.05, 4.69) is 10.3 Å². The first-order chi connectivity index (χ1) is 10.4. The summed E-state index contributed by atoms with van der Waals surface area (Å²) in [7, 11) is 0. The molecule has 0 saturated carbocycles. The Labute approximate surface area is 130 Å². The van der Waals surface area contributed by atoms with Crippen LogP contribution in [0.25, 0.3) is 10.2 Å². The largest absolute Gasteiger partial charge is 0.427 e. The van der Waals surface area contributed by atoms with Crippen molar-refractivity contribution in [3.05, 3.63) is 57.1 Å². The highest BCUT2D eigenvalue weighted by Crippen LogP contribution is 2.27. The highest BCUT2D eigenvalue weighted by Gasteiger charge is 2.17. The van der Waals surface area contributed by atoms with Gasteiger partial charge in [-0.25, -0.2) is 9.78 Å². The molecule has 3 rings (SSSR count). The fraction of sp³-hybridized carbons (Fsp3) is 0.188. The van der Waals surface area contributed by atoms with Crippen molar-refractivity contribution in [2.45, 2.75) is 20.8 Å². The lowest BCUT2D eigenvalue weighted by Gasteiger charge is -2.06. The van der Waals surface area contributed by atoms with Crippen LogP contribution in [0.3, 0.4) is 0 Å². The van der Waals surface area contributed by atoms with Crippen LogP contribution in [0.2, 0.25) is 0 Å². The third kappa shape index (κ3) is 2.65. The molecule has 0 atom stereocenters. The van der Waals surface area contributed by atoms with Crippen LogP contribution in [-0.4, -0.2) is 10.9 Å². The molecule has 0 aliphatic carbocycles. The highest BCUT2D eigenvalue weighted by molar-refractivity contribution is 7.22. The van der Waals surface area contributed by atoms with Crippen molar-refractivity contribution in [2.75, 3.05) is 5.32 Å². The summed E-state index contributed by atoms with van der Waals surface area (Å²) in [5.74, 6) is -0.0195. The summed E-state index contributed by atoms with van der Waals surface area (Å²) in [4.78, 5) is 28.1. The molecule has 2 heterocycles. The van der Waals surface area contributed by atoms with Crippen molar-refractivity contribution in [1.29, 1.82) is 0 Å². The maximum absolute atomic E-state index is 12.4. The predicted molar refractivity (Wildman–Crippen MR) is 86.8 cm³/mol. The van der Waals surface area contributed by atoms with Crippen molar-refractivity contribution in [1.82, 2.24) is 4.98 Å². The van der Waals surface area contributed by atoms with Gasteiger partial charge in [-0.05, 0) is 44.0 Å². The summed E-state index contributed by atoms with van der Waals surface area (Å²) in [6.07, 6.45) is 0. The van der Waals surface area contributed by atoms with Crippen molar-refractivity contribution in [2.24, 2.45) is 0 Å². The predicted octanol–water partition coefficient (Wildman–Crippen LogP) is 3.43. The molecule has 6 heteroatoms. The molecule has 0 spiro atoms. The van der Waals surface area contributed by atoms with E-state index in [4.69, 9.17) is 4.42 Å². The Kier molecular flexibility index (Phi) is 3.54. The standard InChI is InChI=1S/C16H14N2O3S/c1-8-4-5-11-12(6-8)22-16(17-11)18-15(20)14-9(2)7-13(19)21-10(14)3/h4-7H,1-3H3,(H,17,18,20). The molecule has 22 heavy (non-hydrogen) atoms. The number of benzene rings is 1. The van der Waals surface area contributed by atoms with Gasteiger partial charge in [0.05, 0.1) is 15.8 Å². The minimum atomic E-state index is -0.456. The van der Waals surface area contributed by atoms with Gasteiger partial charge in [-0.2, -0.15) is 0 Å². The van der Waals surface area contributed by atoms with E-state index in [0.29, 0.717) is 22.0 Å². The molecule has 0 bridgehead atoms. The number of fused-ring (bicyclic) bond motifs is 1. The Morgan fingerprint density at radius 3 is 2.73 bits per heavy atom. The van der Waals surface area contributed by atoms with E-state index in [-0.39, 0.29) is 5.91 Å². The fourth-order valence-electron chi connectivity index (χ4n) is 2.34. The number of thiazole rings is 1. The van der Waals surface area contributed by atoms with Gasteiger partial charge in [0, 0.05) is 6.07 Å². The lowest BCUT2D eigenvalue weighted by Crippen LogP contribution is -2.17. The fourth-order valence-corrected chi connectivity index (χ4v) is 3.30. The SMILES string of the molecule is Cc1ccc2nc(NC(=O)c3c(C)cc(=O)oc3C)sc2c1. The van der Waals surface area contributed by atoms with Gasteiger partial charge in [0.1, 0.15) is 5.76 Å². The van der Waals surface area contributed by atoms with Crippen LogP contribution >= 0.6 is 11.3 Å². The number of anilines is 1. The van der Waals surface area contributed by atoms with E-state index in [1.807, 2.05) is 25.1 Å². The van der Waals surface area contributed by atoms with Gasteiger partial charge in [0.25, 0.3) is 5.91 Å². The van der Waals surface area contributed by atoms with E-state index < -0.39 is 5.63 Å². The van der Waals surface area contributed by atoms with Crippen molar-refractivity contribution in [3.63, 3.8) is 0 Å². The van der Waals surface area contributed by atoms with Crippen LogP contribution in [0, 0.1) is 20.8 Å². The number of carbonyl (C=O) groups is 1. The zero-order valence-electron chi connectivity index (χ0n) is 12.4. The van der Waals surface area contributed by atoms with Gasteiger partial charge >= 0.3 is 5.63 Å². The summed E-state index contributed by atoms with van der Waals surface area (Å²) in [6.45, 7) is 5.32. The summed E-state index contributed by atoms with van der Waals surface area (Å²) in [6, 6.07) is 7.24. The van der Waals surface area contributed by atoms with Crippen LogP contribution in [0.5, 0.6) is 0 Å². The Morgan fingerprint density at radius 2 is 2.00 bits per heavy atom. The monoisotopic (exact) mass is 314 g/mol. The van der Waals surface area contributed by atoms with Gasteiger partial charge in [0.15, 0.2) is 5.13 Å². The number of rotatable bonds is 2. The van der Waals surface area contributed by atoms with E-state index in [9.17, 15) is 9.59 Å². The van der Waals surface area contributed by atoms with E-state index in [1.54, 1.807) is 13.8 Å². The second-order valence-electron chi connectivity index (χ2n) is 5.12. The number of aryl methyl sites for hydroxylation is 3. The van der Waals surface area contributed by atoms with Crippen LogP contribution in [0.1, 0.15) is 27.2 Å². The third-order valence-electron chi connectivity index (χ3n) is 3.33. The number of hydrogen-bond acceptors (Lipinski definition) is 5. The summed E-state index contributed by atoms with van der Waals surface area (Å²) in [5.41, 5.74) is 2.49. The first-order valence-corrected chi connectivity index (χ1v) is 7.55. The van der Waals surface area contributed by atoms with Crippen LogP contribution in [0.15, 0.2) is 33.5 Å². The minimum Gasteiger partial charge on any atom is -0.427 e. The molecule has 3 aromatic rings. The zero-order valence-corrected chi connectivity index (χ0v) is 13.2. The number of aromatic nitrogens is 1. The average Bonchev–Trinajstić information content (AvgIpc) is 2.78. The molecule has 1 amide bonds. The quantitative estimate of drug-likeness (QED) is 0.786. The lowest BCUT2D eigenvalue weighted by atomic mass is 10.1. The van der Waals surface area contributed by atoms with Gasteiger partial charge in [0.2, 0.25) is 0 Å². The second-order valence-corrected chi connectivity index (χ2v) is 6.15. The number of amides is 1. The molecular formula is C16H14N2O3S. The summed E-state index contributed by atoms with van der Waals surface area (Å²) < 4.78 is 6.01. The molecule has 112 valence electrons. The molecule has 0 aliphatic rings. The van der Waals surface area contributed by atoms with Gasteiger partial charge in [-0.1, -0.05) is 17.4 Å².